The van der Waals surface area contributed by atoms with Crippen LogP contribution in [0.25, 0.3) is 0 Å². The first kappa shape index (κ1) is 9.90. The van der Waals surface area contributed by atoms with E-state index < -0.39 is 18.7 Å². The fraction of sp³-hybridized carbons (Fsp3) is 0.800. The van der Waals surface area contributed by atoms with E-state index in [9.17, 15) is 13.2 Å². The van der Waals surface area contributed by atoms with Crippen molar-refractivity contribution in [1.82, 2.24) is 20.2 Å². The van der Waals surface area contributed by atoms with Gasteiger partial charge in [-0.15, -0.1) is 10.2 Å². The quantitative estimate of drug-likeness (QED) is 0.703. The second-order valence-electron chi connectivity index (χ2n) is 2.46. The van der Waals surface area contributed by atoms with Crippen LogP contribution in [-0.4, -0.2) is 37.6 Å². The second kappa shape index (κ2) is 3.29. The zero-order valence-electron chi connectivity index (χ0n) is 6.65. The van der Waals surface area contributed by atoms with Crippen LogP contribution in [0.1, 0.15) is 5.82 Å². The van der Waals surface area contributed by atoms with Crippen LogP contribution in [-0.2, 0) is 13.5 Å². The van der Waals surface area contributed by atoms with Crippen LogP contribution < -0.4 is 0 Å². The van der Waals surface area contributed by atoms with E-state index in [1.165, 1.54) is 7.05 Å². The topological polar surface area (TPSA) is 63.8 Å². The lowest BCUT2D eigenvalue weighted by molar-refractivity contribution is -0.203. The molecule has 0 aliphatic heterocycles. The maximum atomic E-state index is 11.8. The number of aliphatic hydroxyl groups is 1. The second-order valence-corrected chi connectivity index (χ2v) is 2.46. The van der Waals surface area contributed by atoms with Crippen molar-refractivity contribution in [3.8, 4) is 0 Å². The highest BCUT2D eigenvalue weighted by Crippen LogP contribution is 2.21. The van der Waals surface area contributed by atoms with Gasteiger partial charge in [0.1, 0.15) is 0 Å². The van der Waals surface area contributed by atoms with Crippen LogP contribution in [0.15, 0.2) is 0 Å². The van der Waals surface area contributed by atoms with Crippen LogP contribution in [0.3, 0.4) is 0 Å². The highest BCUT2D eigenvalue weighted by Gasteiger charge is 2.38. The summed E-state index contributed by atoms with van der Waals surface area (Å²) in [5, 5.41) is 18.7. The molecule has 1 atom stereocenters. The van der Waals surface area contributed by atoms with Crippen molar-refractivity contribution in [2.75, 3.05) is 0 Å². The summed E-state index contributed by atoms with van der Waals surface area (Å²) in [7, 11) is 1.43. The van der Waals surface area contributed by atoms with Gasteiger partial charge in [-0.1, -0.05) is 0 Å². The molecule has 8 heteroatoms. The number of hydrogen-bond acceptors (Lipinski definition) is 4. The van der Waals surface area contributed by atoms with Crippen molar-refractivity contribution in [2.45, 2.75) is 18.7 Å². The fourth-order valence-electron chi connectivity index (χ4n) is 0.694. The Labute approximate surface area is 71.2 Å². The molecule has 1 N–H and O–H groups in total. The number of nitrogens with zero attached hydrogens (tertiary/aromatic N) is 4. The summed E-state index contributed by atoms with van der Waals surface area (Å²) in [5.41, 5.74) is 0. The third-order valence-electron chi connectivity index (χ3n) is 1.30. The van der Waals surface area contributed by atoms with Gasteiger partial charge >= 0.3 is 6.18 Å². The average molecular weight is 196 g/mol. The molecule has 74 valence electrons. The molecule has 1 aromatic rings. The van der Waals surface area contributed by atoms with Gasteiger partial charge in [-0.3, -0.25) is 0 Å². The third-order valence-corrected chi connectivity index (χ3v) is 1.30. The molecule has 1 aromatic heterocycles. The summed E-state index contributed by atoms with van der Waals surface area (Å²) in [4.78, 5) is 1.03. The summed E-state index contributed by atoms with van der Waals surface area (Å²) in [6.45, 7) is 0. The lowest BCUT2D eigenvalue weighted by Gasteiger charge is -2.11. The molecular weight excluding hydrogens is 189 g/mol. The van der Waals surface area contributed by atoms with Gasteiger partial charge in [0.15, 0.2) is 11.9 Å². The van der Waals surface area contributed by atoms with Gasteiger partial charge in [-0.05, 0) is 5.21 Å². The first-order chi connectivity index (χ1) is 5.89. The van der Waals surface area contributed by atoms with E-state index in [0.29, 0.717) is 0 Å². The van der Waals surface area contributed by atoms with Crippen LogP contribution in [0, 0.1) is 0 Å². The lowest BCUT2D eigenvalue weighted by atomic mass is 10.2. The van der Waals surface area contributed by atoms with Crippen molar-refractivity contribution in [2.24, 2.45) is 7.05 Å². The Morgan fingerprint density at radius 2 is 2.15 bits per heavy atom. The molecule has 0 aromatic carbocycles. The molecule has 0 aliphatic rings. The molecule has 0 unspecified atom stereocenters. The fourth-order valence-corrected chi connectivity index (χ4v) is 0.694. The molecule has 0 spiro atoms. The molecule has 0 fully saturated rings. The summed E-state index contributed by atoms with van der Waals surface area (Å²) in [6.07, 6.45) is -7.74. The predicted octanol–water partition coefficient (Wildman–Crippen LogP) is -0.324. The summed E-state index contributed by atoms with van der Waals surface area (Å²) >= 11 is 0. The number of hydrogen-bond donors (Lipinski definition) is 1. The number of aromatic nitrogens is 4. The normalized spacial score (nSPS) is 14.5. The molecule has 1 heterocycles. The summed E-state index contributed by atoms with van der Waals surface area (Å²) in [6, 6.07) is 0. The van der Waals surface area contributed by atoms with E-state index >= 15 is 0 Å². The van der Waals surface area contributed by atoms with Gasteiger partial charge in [0.2, 0.25) is 0 Å². The standard InChI is InChI=1S/C5H7F3N4O/c1-12-10-4(9-11-12)2-3(13)5(6,7)8/h3,13H,2H2,1H3/t3-/m0/s1. The van der Waals surface area contributed by atoms with Crippen molar-refractivity contribution in [1.29, 1.82) is 0 Å². The molecule has 0 aliphatic carbocycles. The Morgan fingerprint density at radius 1 is 1.54 bits per heavy atom. The zero-order valence-corrected chi connectivity index (χ0v) is 6.65. The predicted molar refractivity (Wildman–Crippen MR) is 34.6 cm³/mol. The van der Waals surface area contributed by atoms with Crippen LogP contribution in [0.2, 0.25) is 0 Å². The molecule has 1 rings (SSSR count). The number of aliphatic hydroxyl groups excluding tert-OH is 1. The molecular formula is C5H7F3N4O. The molecule has 0 saturated carbocycles. The molecule has 0 bridgehead atoms. The Kier molecular flexibility index (Phi) is 2.50. The van der Waals surface area contributed by atoms with E-state index in [1.54, 1.807) is 0 Å². The van der Waals surface area contributed by atoms with Crippen molar-refractivity contribution in [3.63, 3.8) is 0 Å². The molecule has 13 heavy (non-hydrogen) atoms. The first-order valence-electron chi connectivity index (χ1n) is 3.37. The van der Waals surface area contributed by atoms with E-state index in [2.05, 4.69) is 15.4 Å². The minimum atomic E-state index is -4.64. The van der Waals surface area contributed by atoms with Crippen LogP contribution >= 0.6 is 0 Å². The first-order valence-corrected chi connectivity index (χ1v) is 3.37. The summed E-state index contributed by atoms with van der Waals surface area (Å²) in [5.74, 6) is -0.132. The van der Waals surface area contributed by atoms with Gasteiger partial charge in [0.05, 0.1) is 7.05 Å². The largest absolute Gasteiger partial charge is 0.414 e. The van der Waals surface area contributed by atoms with Crippen molar-refractivity contribution in [3.05, 3.63) is 5.82 Å². The van der Waals surface area contributed by atoms with Gasteiger partial charge in [-0.25, -0.2) is 0 Å². The molecule has 0 saturated heterocycles. The van der Waals surface area contributed by atoms with Gasteiger partial charge in [0.25, 0.3) is 0 Å². The van der Waals surface area contributed by atoms with Crippen molar-refractivity contribution >= 4 is 0 Å². The minimum Gasteiger partial charge on any atom is -0.383 e. The number of aryl methyl sites for hydroxylation is 1. The Hall–Kier alpha value is -1.18. The van der Waals surface area contributed by atoms with Crippen molar-refractivity contribution < 1.29 is 18.3 Å². The van der Waals surface area contributed by atoms with Crippen LogP contribution in [0.5, 0.6) is 0 Å². The number of halogens is 3. The van der Waals surface area contributed by atoms with Gasteiger partial charge in [-0.2, -0.15) is 18.0 Å². The number of tetrazole rings is 1. The Balaban J connectivity index is 2.60. The Morgan fingerprint density at radius 3 is 2.54 bits per heavy atom. The maximum absolute atomic E-state index is 11.8. The lowest BCUT2D eigenvalue weighted by Crippen LogP contribution is -2.30. The SMILES string of the molecule is Cn1nnc(C[C@H](O)C(F)(F)F)n1. The van der Waals surface area contributed by atoms with E-state index in [-0.39, 0.29) is 5.82 Å². The summed E-state index contributed by atoms with van der Waals surface area (Å²) < 4.78 is 35.4. The zero-order chi connectivity index (χ0) is 10.1. The molecule has 0 amide bonds. The van der Waals surface area contributed by atoms with E-state index in [1.807, 2.05) is 0 Å². The Bertz CT molecular complexity index is 284. The molecule has 0 radical (unpaired) electrons. The highest BCUT2D eigenvalue weighted by molar-refractivity contribution is 4.83. The number of alkyl halides is 3. The maximum Gasteiger partial charge on any atom is 0.414 e. The van der Waals surface area contributed by atoms with E-state index in [4.69, 9.17) is 5.11 Å². The number of rotatable bonds is 2. The highest BCUT2D eigenvalue weighted by atomic mass is 19.4. The monoisotopic (exact) mass is 196 g/mol. The smallest absolute Gasteiger partial charge is 0.383 e. The van der Waals surface area contributed by atoms with Gasteiger partial charge in [0, 0.05) is 6.42 Å². The minimum absolute atomic E-state index is 0.132. The molecule has 5 nitrogen and oxygen atoms in total. The van der Waals surface area contributed by atoms with Crippen LogP contribution in [0.4, 0.5) is 13.2 Å². The van der Waals surface area contributed by atoms with Gasteiger partial charge < -0.3 is 5.11 Å². The van der Waals surface area contributed by atoms with E-state index in [0.717, 1.165) is 4.80 Å². The third kappa shape index (κ3) is 2.65. The average Bonchev–Trinajstić information content (AvgIpc) is 2.33.